The maximum absolute atomic E-state index is 12.2. The third-order valence-corrected chi connectivity index (χ3v) is 6.05. The highest BCUT2D eigenvalue weighted by molar-refractivity contribution is 7.20. The molecule has 0 saturated heterocycles. The van der Waals surface area contributed by atoms with E-state index in [4.69, 9.17) is 4.74 Å². The smallest absolute Gasteiger partial charge is 0.146 e. The zero-order chi connectivity index (χ0) is 13.9. The van der Waals surface area contributed by atoms with Crippen molar-refractivity contribution in [3.05, 3.63) is 34.7 Å². The number of allylic oxidation sites excluding steroid dienone is 2. The number of methoxy groups -OCH3 is 1. The molecule has 20 heavy (non-hydrogen) atoms. The van der Waals surface area contributed by atoms with Crippen molar-refractivity contribution in [1.29, 1.82) is 0 Å². The highest BCUT2D eigenvalue weighted by atomic mass is 32.1. The predicted molar refractivity (Wildman–Crippen MR) is 82.4 cm³/mol. The van der Waals surface area contributed by atoms with Crippen molar-refractivity contribution in [1.82, 2.24) is 0 Å². The van der Waals surface area contributed by atoms with E-state index in [2.05, 4.69) is 25.1 Å². The second-order valence-electron chi connectivity index (χ2n) is 5.85. The molecule has 102 valence electrons. The summed E-state index contributed by atoms with van der Waals surface area (Å²) < 4.78 is 6.58. The van der Waals surface area contributed by atoms with Crippen molar-refractivity contribution in [3.63, 3.8) is 0 Å². The second kappa shape index (κ2) is 3.95. The van der Waals surface area contributed by atoms with Crippen LogP contribution in [0.1, 0.15) is 30.2 Å². The molecule has 0 amide bonds. The number of rotatable bonds is 1. The van der Waals surface area contributed by atoms with Gasteiger partial charge >= 0.3 is 0 Å². The molecule has 1 aromatic heterocycles. The number of Topliss-reactive ketones (excluding diaryl/α,β-unsaturated/α-hetero) is 1. The van der Waals surface area contributed by atoms with Crippen molar-refractivity contribution < 1.29 is 9.53 Å². The highest BCUT2D eigenvalue weighted by Crippen LogP contribution is 2.54. The average Bonchev–Trinajstić information content (AvgIpc) is 2.96. The second-order valence-corrected chi connectivity index (χ2v) is 6.90. The first kappa shape index (κ1) is 12.2. The van der Waals surface area contributed by atoms with Gasteiger partial charge in [-0.2, -0.15) is 0 Å². The minimum absolute atomic E-state index is 0.238. The standard InChI is InChI=1S/C17H16O2S/c1-17-8-7-12-11-4-3-10(19-2)9-14(11)20-16(12)13(17)5-6-15(17)18/h3-5,9H,6-8H2,1-2H3/t17-/m1/s1. The zero-order valence-electron chi connectivity index (χ0n) is 11.7. The Bertz CT molecular complexity index is 769. The summed E-state index contributed by atoms with van der Waals surface area (Å²) in [7, 11) is 1.70. The largest absolute Gasteiger partial charge is 0.497 e. The highest BCUT2D eigenvalue weighted by Gasteiger charge is 2.44. The third kappa shape index (κ3) is 1.41. The van der Waals surface area contributed by atoms with Crippen molar-refractivity contribution >= 4 is 32.8 Å². The lowest BCUT2D eigenvalue weighted by Gasteiger charge is -2.31. The summed E-state index contributed by atoms with van der Waals surface area (Å²) in [6, 6.07) is 6.29. The molecule has 0 bridgehead atoms. The van der Waals surface area contributed by atoms with Crippen molar-refractivity contribution in [3.8, 4) is 5.75 Å². The van der Waals surface area contributed by atoms with E-state index >= 15 is 0 Å². The van der Waals surface area contributed by atoms with E-state index < -0.39 is 0 Å². The third-order valence-electron chi connectivity index (χ3n) is 4.82. The zero-order valence-corrected chi connectivity index (χ0v) is 12.5. The van der Waals surface area contributed by atoms with Crippen molar-refractivity contribution in [2.24, 2.45) is 5.41 Å². The topological polar surface area (TPSA) is 26.3 Å². The first-order valence-electron chi connectivity index (χ1n) is 6.97. The number of benzene rings is 1. The average molecular weight is 284 g/mol. The Hall–Kier alpha value is -1.61. The van der Waals surface area contributed by atoms with Crippen LogP contribution in [0.25, 0.3) is 15.7 Å². The number of aryl methyl sites for hydroxylation is 1. The summed E-state index contributed by atoms with van der Waals surface area (Å²) in [5.41, 5.74) is 2.45. The number of hydrogen-bond acceptors (Lipinski definition) is 3. The van der Waals surface area contributed by atoms with Gasteiger partial charge in [0.1, 0.15) is 11.5 Å². The van der Waals surface area contributed by atoms with E-state index in [1.165, 1.54) is 26.1 Å². The number of hydrogen-bond donors (Lipinski definition) is 0. The molecule has 3 heteroatoms. The summed E-state index contributed by atoms with van der Waals surface area (Å²) in [5.74, 6) is 1.28. The van der Waals surface area contributed by atoms with E-state index in [1.807, 2.05) is 6.07 Å². The number of ketones is 1. The van der Waals surface area contributed by atoms with Crippen LogP contribution in [0.2, 0.25) is 0 Å². The minimum atomic E-state index is -0.238. The Morgan fingerprint density at radius 3 is 3.00 bits per heavy atom. The van der Waals surface area contributed by atoms with E-state index in [9.17, 15) is 4.79 Å². The normalized spacial score (nSPS) is 24.5. The van der Waals surface area contributed by atoms with Crippen LogP contribution in [-0.2, 0) is 11.2 Å². The van der Waals surface area contributed by atoms with Gasteiger partial charge in [-0.3, -0.25) is 4.79 Å². The monoisotopic (exact) mass is 284 g/mol. The fraction of sp³-hybridized carbons (Fsp3) is 0.353. The summed E-state index contributed by atoms with van der Waals surface area (Å²) in [6.07, 6.45) is 4.69. The quantitative estimate of drug-likeness (QED) is 0.783. The lowest BCUT2D eigenvalue weighted by atomic mass is 9.72. The predicted octanol–water partition coefficient (Wildman–Crippen LogP) is 4.22. The first-order chi connectivity index (χ1) is 9.63. The fourth-order valence-electron chi connectivity index (χ4n) is 3.51. The molecule has 2 aliphatic rings. The van der Waals surface area contributed by atoms with Gasteiger partial charge in [0.25, 0.3) is 0 Å². The molecule has 2 nitrogen and oxygen atoms in total. The van der Waals surface area contributed by atoms with Gasteiger partial charge < -0.3 is 4.74 Å². The Labute approximate surface area is 122 Å². The molecule has 1 aromatic carbocycles. The Balaban J connectivity index is 1.96. The first-order valence-corrected chi connectivity index (χ1v) is 7.79. The molecular weight excluding hydrogens is 268 g/mol. The lowest BCUT2D eigenvalue weighted by Crippen LogP contribution is -2.28. The Morgan fingerprint density at radius 1 is 1.35 bits per heavy atom. The van der Waals surface area contributed by atoms with Crippen LogP contribution in [0.15, 0.2) is 24.3 Å². The molecule has 0 radical (unpaired) electrons. The number of thiophene rings is 1. The van der Waals surface area contributed by atoms with E-state index in [0.29, 0.717) is 12.2 Å². The summed E-state index contributed by atoms with van der Waals surface area (Å²) >= 11 is 1.81. The summed E-state index contributed by atoms with van der Waals surface area (Å²) in [6.45, 7) is 2.11. The fourth-order valence-corrected chi connectivity index (χ4v) is 4.96. The summed E-state index contributed by atoms with van der Waals surface area (Å²) in [5, 5.41) is 1.33. The van der Waals surface area contributed by atoms with Gasteiger partial charge in [-0.15, -0.1) is 11.3 Å². The van der Waals surface area contributed by atoms with Crippen molar-refractivity contribution in [2.45, 2.75) is 26.2 Å². The summed E-state index contributed by atoms with van der Waals surface area (Å²) in [4.78, 5) is 13.5. The van der Waals surface area contributed by atoms with Crippen LogP contribution in [0.4, 0.5) is 0 Å². The maximum Gasteiger partial charge on any atom is 0.146 e. The van der Waals surface area contributed by atoms with Gasteiger partial charge in [0.2, 0.25) is 0 Å². The van der Waals surface area contributed by atoms with Crippen LogP contribution in [0, 0.1) is 5.41 Å². The molecule has 0 spiro atoms. The molecule has 0 unspecified atom stereocenters. The minimum Gasteiger partial charge on any atom is -0.497 e. The van der Waals surface area contributed by atoms with Crippen LogP contribution < -0.4 is 4.74 Å². The molecule has 0 aliphatic heterocycles. The van der Waals surface area contributed by atoms with Crippen LogP contribution in [-0.4, -0.2) is 12.9 Å². The van der Waals surface area contributed by atoms with Crippen LogP contribution in [0.3, 0.4) is 0 Å². The molecule has 2 aliphatic carbocycles. The lowest BCUT2D eigenvalue weighted by molar-refractivity contribution is -0.123. The molecular formula is C17H16O2S. The van der Waals surface area contributed by atoms with Gasteiger partial charge in [0.15, 0.2) is 0 Å². The van der Waals surface area contributed by atoms with E-state index in [0.717, 1.165) is 18.6 Å². The number of carbonyl (C=O) groups excluding carboxylic acids is 1. The van der Waals surface area contributed by atoms with Gasteiger partial charge in [-0.25, -0.2) is 0 Å². The van der Waals surface area contributed by atoms with Crippen LogP contribution >= 0.6 is 11.3 Å². The number of fused-ring (bicyclic) bond motifs is 5. The van der Waals surface area contributed by atoms with E-state index in [-0.39, 0.29) is 5.41 Å². The van der Waals surface area contributed by atoms with Gasteiger partial charge in [-0.1, -0.05) is 6.08 Å². The molecule has 1 heterocycles. The van der Waals surface area contributed by atoms with Crippen molar-refractivity contribution in [2.75, 3.05) is 7.11 Å². The van der Waals surface area contributed by atoms with Gasteiger partial charge in [0.05, 0.1) is 12.5 Å². The number of ether oxygens (including phenoxy) is 1. The Kier molecular flexibility index (Phi) is 2.40. The van der Waals surface area contributed by atoms with E-state index in [1.54, 1.807) is 18.4 Å². The van der Waals surface area contributed by atoms with Crippen LogP contribution in [0.5, 0.6) is 5.75 Å². The molecule has 2 aromatic rings. The van der Waals surface area contributed by atoms with Gasteiger partial charge in [0, 0.05) is 16.0 Å². The maximum atomic E-state index is 12.2. The molecule has 4 rings (SSSR count). The molecule has 0 N–H and O–H groups in total. The number of carbonyl (C=O) groups is 1. The SMILES string of the molecule is COc1ccc2c3c(sc2c1)C1=CCC(=O)[C@]1(C)CC3. The van der Waals surface area contributed by atoms with Gasteiger partial charge in [-0.05, 0) is 54.5 Å². The molecule has 0 saturated carbocycles. The molecule has 1 atom stereocenters. The Morgan fingerprint density at radius 2 is 2.20 bits per heavy atom. The molecule has 0 fully saturated rings.